The summed E-state index contributed by atoms with van der Waals surface area (Å²) < 4.78 is 29.6. The highest BCUT2D eigenvalue weighted by molar-refractivity contribution is 9.10. The molecule has 0 saturated heterocycles. The number of halogens is 1. The monoisotopic (exact) mass is 611 g/mol. The first-order valence-electron chi connectivity index (χ1n) is 13.1. The number of amides is 2. The molecular formula is C30H34BrN3O4S. The summed E-state index contributed by atoms with van der Waals surface area (Å²) in [6.45, 7) is 3.30. The first-order chi connectivity index (χ1) is 18.6. The number of hydrogen-bond donors (Lipinski definition) is 1. The van der Waals surface area contributed by atoms with E-state index in [0.717, 1.165) is 45.6 Å². The van der Waals surface area contributed by atoms with E-state index in [1.807, 2.05) is 31.2 Å². The number of anilines is 1. The van der Waals surface area contributed by atoms with Gasteiger partial charge in [-0.05, 0) is 68.7 Å². The Labute approximate surface area is 239 Å². The van der Waals surface area contributed by atoms with Crippen LogP contribution < -0.4 is 9.62 Å². The maximum atomic E-state index is 13.9. The van der Waals surface area contributed by atoms with E-state index in [4.69, 9.17) is 0 Å². The first-order valence-corrected chi connectivity index (χ1v) is 15.4. The Morgan fingerprint density at radius 2 is 1.56 bits per heavy atom. The fourth-order valence-corrected chi connectivity index (χ4v) is 6.40. The number of carbonyl (C=O) groups excluding carboxylic acids is 2. The normalized spacial score (nSPS) is 14.5. The van der Waals surface area contributed by atoms with Crippen molar-refractivity contribution in [1.29, 1.82) is 0 Å². The van der Waals surface area contributed by atoms with Crippen molar-refractivity contribution in [2.45, 2.75) is 63.1 Å². The third-order valence-corrected chi connectivity index (χ3v) is 9.38. The predicted octanol–water partition coefficient (Wildman–Crippen LogP) is 5.43. The lowest BCUT2D eigenvalue weighted by Gasteiger charge is -2.32. The minimum absolute atomic E-state index is 0.0937. The molecule has 0 aromatic heterocycles. The molecule has 3 aromatic carbocycles. The molecular weight excluding hydrogens is 578 g/mol. The van der Waals surface area contributed by atoms with Crippen molar-refractivity contribution in [2.24, 2.45) is 0 Å². The van der Waals surface area contributed by atoms with Crippen molar-refractivity contribution in [3.8, 4) is 0 Å². The van der Waals surface area contributed by atoms with Crippen LogP contribution in [-0.2, 0) is 26.2 Å². The molecule has 1 N–H and O–H groups in total. The van der Waals surface area contributed by atoms with Crippen molar-refractivity contribution in [3.63, 3.8) is 0 Å². The molecule has 1 atom stereocenters. The Hall–Kier alpha value is -3.17. The van der Waals surface area contributed by atoms with Crippen molar-refractivity contribution in [3.05, 3.63) is 94.5 Å². The Bertz CT molecular complexity index is 1370. The lowest BCUT2D eigenvalue weighted by molar-refractivity contribution is -0.139. The summed E-state index contributed by atoms with van der Waals surface area (Å²) in [5.41, 5.74) is 2.14. The van der Waals surface area contributed by atoms with E-state index in [-0.39, 0.29) is 23.4 Å². The molecule has 206 valence electrons. The van der Waals surface area contributed by atoms with Gasteiger partial charge in [0.25, 0.3) is 10.0 Å². The number of aryl methyl sites for hydroxylation is 1. The molecule has 1 aliphatic carbocycles. The van der Waals surface area contributed by atoms with Crippen LogP contribution in [0.25, 0.3) is 0 Å². The minimum Gasteiger partial charge on any atom is -0.352 e. The maximum absolute atomic E-state index is 13.9. The second-order valence-electron chi connectivity index (χ2n) is 9.97. The third-order valence-electron chi connectivity index (χ3n) is 7.07. The Balaban J connectivity index is 1.66. The number of nitrogens with one attached hydrogen (secondary N) is 1. The topological polar surface area (TPSA) is 86.8 Å². The summed E-state index contributed by atoms with van der Waals surface area (Å²) in [5, 5.41) is 3.08. The van der Waals surface area contributed by atoms with Crippen LogP contribution >= 0.6 is 15.9 Å². The van der Waals surface area contributed by atoms with Gasteiger partial charge in [-0.3, -0.25) is 13.9 Å². The summed E-state index contributed by atoms with van der Waals surface area (Å²) in [5.74, 6) is -0.702. The van der Waals surface area contributed by atoms with Crippen molar-refractivity contribution < 1.29 is 18.0 Å². The van der Waals surface area contributed by atoms with Gasteiger partial charge in [0.1, 0.15) is 12.6 Å². The van der Waals surface area contributed by atoms with E-state index in [1.54, 1.807) is 61.5 Å². The fourth-order valence-electron chi connectivity index (χ4n) is 4.72. The lowest BCUT2D eigenvalue weighted by atomic mass is 10.1. The van der Waals surface area contributed by atoms with Crippen LogP contribution in [0.4, 0.5) is 5.69 Å². The summed E-state index contributed by atoms with van der Waals surface area (Å²) in [6.07, 6.45) is 4.00. The van der Waals surface area contributed by atoms with Crippen LogP contribution in [-0.4, -0.2) is 43.8 Å². The Morgan fingerprint density at radius 3 is 2.18 bits per heavy atom. The van der Waals surface area contributed by atoms with Crippen LogP contribution in [0.2, 0.25) is 0 Å². The van der Waals surface area contributed by atoms with Crippen molar-refractivity contribution in [1.82, 2.24) is 10.2 Å². The largest absolute Gasteiger partial charge is 0.352 e. The van der Waals surface area contributed by atoms with Gasteiger partial charge in [0.15, 0.2) is 0 Å². The van der Waals surface area contributed by atoms with Crippen LogP contribution in [0.5, 0.6) is 0 Å². The quantitative estimate of drug-likeness (QED) is 0.331. The number of sulfonamides is 1. The number of hydrogen-bond acceptors (Lipinski definition) is 4. The van der Waals surface area contributed by atoms with Gasteiger partial charge in [-0.1, -0.05) is 76.8 Å². The molecule has 0 heterocycles. The summed E-state index contributed by atoms with van der Waals surface area (Å²) >= 11 is 3.43. The molecule has 0 bridgehead atoms. The van der Waals surface area contributed by atoms with Crippen LogP contribution in [0.15, 0.2) is 88.2 Å². The summed E-state index contributed by atoms with van der Waals surface area (Å²) in [4.78, 5) is 28.8. The van der Waals surface area contributed by atoms with E-state index < -0.39 is 28.5 Å². The number of carbonyl (C=O) groups is 2. The van der Waals surface area contributed by atoms with Gasteiger partial charge in [-0.25, -0.2) is 8.42 Å². The SMILES string of the molecule is Cc1ccc(S(=O)(=O)N(CC(=O)N(Cc2ccc(Br)cc2)[C@H](C)C(=O)NC2CCCC2)c2ccccc2)cc1. The molecule has 1 aliphatic rings. The molecule has 4 rings (SSSR count). The first kappa shape index (κ1) is 28.8. The standard InChI is InChI=1S/C30H34BrN3O4S/c1-22-12-18-28(19-13-22)39(37,38)34(27-10-4-3-5-11-27)21-29(35)33(20-24-14-16-25(31)17-15-24)23(2)30(36)32-26-8-6-7-9-26/h3-5,10-19,23,26H,6-9,20-21H2,1-2H3,(H,32,36)/t23-/m1/s1. The van der Waals surface area contributed by atoms with Gasteiger partial charge in [0.05, 0.1) is 10.6 Å². The summed E-state index contributed by atoms with van der Waals surface area (Å²) in [6, 6.07) is 21.9. The van der Waals surface area contributed by atoms with E-state index >= 15 is 0 Å². The zero-order valence-electron chi connectivity index (χ0n) is 22.2. The molecule has 1 saturated carbocycles. The second-order valence-corrected chi connectivity index (χ2v) is 12.8. The van der Waals surface area contributed by atoms with Crippen LogP contribution in [0, 0.1) is 6.92 Å². The van der Waals surface area contributed by atoms with Gasteiger partial charge in [0, 0.05) is 17.1 Å². The molecule has 2 amide bonds. The maximum Gasteiger partial charge on any atom is 0.264 e. The zero-order valence-corrected chi connectivity index (χ0v) is 24.6. The molecule has 0 unspecified atom stereocenters. The molecule has 7 nitrogen and oxygen atoms in total. The summed E-state index contributed by atoms with van der Waals surface area (Å²) in [7, 11) is -4.06. The fraction of sp³-hybridized carbons (Fsp3) is 0.333. The van der Waals surface area contributed by atoms with E-state index in [1.165, 1.54) is 4.90 Å². The van der Waals surface area contributed by atoms with Gasteiger partial charge in [0.2, 0.25) is 11.8 Å². The highest BCUT2D eigenvalue weighted by Crippen LogP contribution is 2.25. The van der Waals surface area contributed by atoms with E-state index in [0.29, 0.717) is 5.69 Å². The predicted molar refractivity (Wildman–Crippen MR) is 157 cm³/mol. The van der Waals surface area contributed by atoms with Gasteiger partial charge in [-0.15, -0.1) is 0 Å². The molecule has 9 heteroatoms. The number of para-hydroxylation sites is 1. The third kappa shape index (κ3) is 7.28. The van der Waals surface area contributed by atoms with Gasteiger partial charge >= 0.3 is 0 Å². The lowest BCUT2D eigenvalue weighted by Crippen LogP contribution is -2.52. The average molecular weight is 613 g/mol. The average Bonchev–Trinajstić information content (AvgIpc) is 3.44. The van der Waals surface area contributed by atoms with Crippen molar-refractivity contribution >= 4 is 43.5 Å². The number of nitrogens with zero attached hydrogens (tertiary/aromatic N) is 2. The second kappa shape index (κ2) is 12.8. The number of benzene rings is 3. The molecule has 39 heavy (non-hydrogen) atoms. The zero-order chi connectivity index (χ0) is 28.0. The van der Waals surface area contributed by atoms with Crippen LogP contribution in [0.1, 0.15) is 43.7 Å². The molecule has 0 spiro atoms. The minimum atomic E-state index is -4.06. The van der Waals surface area contributed by atoms with E-state index in [2.05, 4.69) is 21.2 Å². The van der Waals surface area contributed by atoms with Gasteiger partial charge in [-0.2, -0.15) is 0 Å². The molecule has 0 aliphatic heterocycles. The molecule has 1 fully saturated rings. The van der Waals surface area contributed by atoms with Crippen molar-refractivity contribution in [2.75, 3.05) is 10.8 Å². The van der Waals surface area contributed by atoms with E-state index in [9.17, 15) is 18.0 Å². The molecule has 0 radical (unpaired) electrons. The highest BCUT2D eigenvalue weighted by Gasteiger charge is 2.33. The smallest absolute Gasteiger partial charge is 0.264 e. The molecule has 3 aromatic rings. The number of rotatable bonds is 10. The highest BCUT2D eigenvalue weighted by atomic mass is 79.9. The Kier molecular flexibility index (Phi) is 9.45. The Morgan fingerprint density at radius 1 is 0.949 bits per heavy atom. The van der Waals surface area contributed by atoms with Gasteiger partial charge < -0.3 is 10.2 Å². The van der Waals surface area contributed by atoms with Crippen LogP contribution in [0.3, 0.4) is 0 Å².